The lowest BCUT2D eigenvalue weighted by atomic mass is 9.93. The maximum atomic E-state index is 12.1. The molecule has 0 aliphatic carbocycles. The van der Waals surface area contributed by atoms with Gasteiger partial charge in [0.05, 0.1) is 21.1 Å². The molecule has 0 aliphatic rings. The van der Waals surface area contributed by atoms with E-state index in [4.69, 9.17) is 27.9 Å². The number of benzene rings is 1. The first-order chi connectivity index (χ1) is 11.9. The third kappa shape index (κ3) is 5.85. The van der Waals surface area contributed by atoms with E-state index in [1.165, 1.54) is 12.8 Å². The number of hydrogen-bond donors (Lipinski definition) is 1. The number of carbonyl (C=O) groups is 1. The van der Waals surface area contributed by atoms with Crippen LogP contribution in [-0.4, -0.2) is 23.0 Å². The molecule has 0 spiro atoms. The molecule has 0 unspecified atom stereocenters. The van der Waals surface area contributed by atoms with Gasteiger partial charge in [0.1, 0.15) is 0 Å². The van der Waals surface area contributed by atoms with Crippen molar-refractivity contribution >= 4 is 29.2 Å². The minimum absolute atomic E-state index is 0.388. The Labute approximate surface area is 157 Å². The van der Waals surface area contributed by atoms with E-state index >= 15 is 0 Å². The molecule has 0 saturated carbocycles. The van der Waals surface area contributed by atoms with Crippen LogP contribution < -0.4 is 5.32 Å². The molecule has 0 saturated heterocycles. The normalized spacial score (nSPS) is 13.1. The standard InChI is InChI=1S/C19H19Cl2N2O2/c1-3-8-23-19(2,11-14-6-7-16(20)17(21)10-14)13-25-18(24)15-5-4-9-22-12-15/h3-7,9-10,12-13,23H,1,8,11H2,2H3/t19-/m1/s1. The zero-order chi connectivity index (χ0) is 18.3. The van der Waals surface area contributed by atoms with Gasteiger partial charge >= 0.3 is 5.97 Å². The predicted octanol–water partition coefficient (Wildman–Crippen LogP) is 4.48. The maximum absolute atomic E-state index is 12.1. The third-order valence-corrected chi connectivity index (χ3v) is 4.27. The smallest absolute Gasteiger partial charge is 0.340 e. The van der Waals surface area contributed by atoms with Crippen LogP contribution in [0.5, 0.6) is 0 Å². The quantitative estimate of drug-likeness (QED) is 0.544. The first-order valence-electron chi connectivity index (χ1n) is 7.69. The lowest BCUT2D eigenvalue weighted by molar-refractivity contribution is 0.0540. The second-order valence-electron chi connectivity index (χ2n) is 5.78. The van der Waals surface area contributed by atoms with Gasteiger partial charge in [-0.3, -0.25) is 4.98 Å². The second kappa shape index (κ2) is 8.99. The van der Waals surface area contributed by atoms with Crippen molar-refractivity contribution in [1.82, 2.24) is 10.3 Å². The average molecular weight is 378 g/mol. The van der Waals surface area contributed by atoms with Crippen molar-refractivity contribution in [3.63, 3.8) is 0 Å². The Balaban J connectivity index is 2.09. The summed E-state index contributed by atoms with van der Waals surface area (Å²) in [5.74, 6) is -0.464. The van der Waals surface area contributed by atoms with E-state index in [0.717, 1.165) is 5.56 Å². The van der Waals surface area contributed by atoms with Crippen LogP contribution in [0, 0.1) is 6.61 Å². The lowest BCUT2D eigenvalue weighted by Crippen LogP contribution is -2.46. The Morgan fingerprint density at radius 1 is 1.36 bits per heavy atom. The first kappa shape index (κ1) is 19.4. The van der Waals surface area contributed by atoms with Crippen molar-refractivity contribution in [3.8, 4) is 0 Å². The molecule has 0 aliphatic heterocycles. The van der Waals surface area contributed by atoms with Gasteiger partial charge in [-0.25, -0.2) is 4.79 Å². The van der Waals surface area contributed by atoms with E-state index in [1.54, 1.807) is 36.5 Å². The van der Waals surface area contributed by atoms with Gasteiger partial charge < -0.3 is 10.1 Å². The van der Waals surface area contributed by atoms with Crippen LogP contribution in [0.2, 0.25) is 10.0 Å². The lowest BCUT2D eigenvalue weighted by Gasteiger charge is -2.29. The van der Waals surface area contributed by atoms with Gasteiger partial charge in [-0.15, -0.1) is 6.58 Å². The van der Waals surface area contributed by atoms with E-state index in [-0.39, 0.29) is 0 Å². The molecule has 2 aromatic rings. The van der Waals surface area contributed by atoms with Crippen LogP contribution in [-0.2, 0) is 11.2 Å². The topological polar surface area (TPSA) is 51.2 Å². The zero-order valence-corrected chi connectivity index (χ0v) is 15.3. The number of nitrogens with one attached hydrogen (secondary N) is 1. The van der Waals surface area contributed by atoms with Crippen LogP contribution in [0.4, 0.5) is 0 Å². The van der Waals surface area contributed by atoms with Crippen molar-refractivity contribution < 1.29 is 9.53 Å². The summed E-state index contributed by atoms with van der Waals surface area (Å²) in [7, 11) is 0. The number of halogens is 2. The van der Waals surface area contributed by atoms with Gasteiger partial charge in [-0.05, 0) is 43.2 Å². The van der Waals surface area contributed by atoms with Crippen LogP contribution in [0.25, 0.3) is 0 Å². The Kier molecular flexibility index (Phi) is 7.00. The predicted molar refractivity (Wildman–Crippen MR) is 101 cm³/mol. The molecule has 1 aromatic heterocycles. The Hall–Kier alpha value is -1.88. The fourth-order valence-electron chi connectivity index (χ4n) is 2.26. The number of hydrogen-bond acceptors (Lipinski definition) is 4. The number of nitrogens with zero attached hydrogens (tertiary/aromatic N) is 1. The van der Waals surface area contributed by atoms with E-state index < -0.39 is 11.5 Å². The number of aromatic nitrogens is 1. The van der Waals surface area contributed by atoms with Gasteiger partial charge in [-0.1, -0.05) is 35.3 Å². The van der Waals surface area contributed by atoms with Crippen molar-refractivity contribution in [2.45, 2.75) is 18.9 Å². The van der Waals surface area contributed by atoms with Crippen molar-refractivity contribution in [2.75, 3.05) is 6.54 Å². The molecule has 6 heteroatoms. The first-order valence-corrected chi connectivity index (χ1v) is 8.44. The summed E-state index contributed by atoms with van der Waals surface area (Å²) in [4.78, 5) is 16.1. The summed E-state index contributed by atoms with van der Waals surface area (Å²) in [5.41, 5.74) is 0.741. The molecule has 1 N–H and O–H groups in total. The largest absolute Gasteiger partial charge is 0.453 e. The van der Waals surface area contributed by atoms with E-state index in [2.05, 4.69) is 16.9 Å². The van der Waals surface area contributed by atoms with Gasteiger partial charge in [0.25, 0.3) is 0 Å². The van der Waals surface area contributed by atoms with E-state index in [0.29, 0.717) is 28.6 Å². The van der Waals surface area contributed by atoms with Gasteiger partial charge in [0, 0.05) is 18.9 Å². The van der Waals surface area contributed by atoms with Gasteiger partial charge in [-0.2, -0.15) is 0 Å². The SMILES string of the molecule is C=CCN[C@@](C)([CH]OC(=O)c1cccnc1)Cc1ccc(Cl)c(Cl)c1. The highest BCUT2D eigenvalue weighted by atomic mass is 35.5. The molecule has 0 bridgehead atoms. The molecule has 1 aromatic carbocycles. The summed E-state index contributed by atoms with van der Waals surface area (Å²) in [6, 6.07) is 8.76. The molecule has 0 fully saturated rings. The molecule has 4 nitrogen and oxygen atoms in total. The molecule has 25 heavy (non-hydrogen) atoms. The molecular formula is C19H19Cl2N2O2. The number of rotatable bonds is 8. The number of carbonyl (C=O) groups excluding carboxylic acids is 1. The highest BCUT2D eigenvalue weighted by Crippen LogP contribution is 2.26. The zero-order valence-electron chi connectivity index (χ0n) is 13.8. The minimum atomic E-state index is -0.608. The molecule has 2 rings (SSSR count). The third-order valence-electron chi connectivity index (χ3n) is 3.53. The highest BCUT2D eigenvalue weighted by molar-refractivity contribution is 6.42. The second-order valence-corrected chi connectivity index (χ2v) is 6.59. The average Bonchev–Trinajstić information content (AvgIpc) is 2.62. The fraction of sp³-hybridized carbons (Fsp3) is 0.211. The molecule has 1 radical (unpaired) electrons. The van der Waals surface area contributed by atoms with Crippen LogP contribution in [0.1, 0.15) is 22.8 Å². The van der Waals surface area contributed by atoms with E-state index in [1.807, 2.05) is 13.0 Å². The Bertz CT molecular complexity index is 737. The summed E-state index contributed by atoms with van der Waals surface area (Å²) < 4.78 is 5.36. The Morgan fingerprint density at radius 3 is 2.80 bits per heavy atom. The highest BCUT2D eigenvalue weighted by Gasteiger charge is 2.27. The molecular weight excluding hydrogens is 359 g/mol. The summed E-state index contributed by atoms with van der Waals surface area (Å²) in [6.07, 6.45) is 5.35. The molecule has 1 atom stereocenters. The van der Waals surface area contributed by atoms with Crippen LogP contribution >= 0.6 is 23.2 Å². The monoisotopic (exact) mass is 377 g/mol. The van der Waals surface area contributed by atoms with Crippen LogP contribution in [0.15, 0.2) is 55.4 Å². The molecule has 0 amide bonds. The summed E-state index contributed by atoms with van der Waals surface area (Å²) in [6.45, 7) is 7.68. The van der Waals surface area contributed by atoms with Crippen molar-refractivity contribution in [3.05, 3.63) is 83.2 Å². The van der Waals surface area contributed by atoms with E-state index in [9.17, 15) is 4.79 Å². The Morgan fingerprint density at radius 2 is 2.16 bits per heavy atom. The number of esters is 1. The van der Waals surface area contributed by atoms with Crippen molar-refractivity contribution in [1.29, 1.82) is 0 Å². The number of pyridine rings is 1. The molecule has 1 heterocycles. The molecule has 131 valence electrons. The fourth-order valence-corrected chi connectivity index (χ4v) is 2.58. The van der Waals surface area contributed by atoms with Crippen LogP contribution in [0.3, 0.4) is 0 Å². The minimum Gasteiger partial charge on any atom is -0.453 e. The van der Waals surface area contributed by atoms with Crippen molar-refractivity contribution in [2.24, 2.45) is 0 Å². The van der Waals surface area contributed by atoms with Gasteiger partial charge in [0.2, 0.25) is 0 Å². The summed E-state index contributed by atoms with van der Waals surface area (Å²) in [5, 5.41) is 4.27. The number of ether oxygens (including phenoxy) is 1. The van der Waals surface area contributed by atoms with Gasteiger partial charge in [0.15, 0.2) is 6.61 Å². The maximum Gasteiger partial charge on any atom is 0.340 e. The summed E-state index contributed by atoms with van der Waals surface area (Å²) >= 11 is 12.0.